The van der Waals surface area contributed by atoms with E-state index in [1.165, 1.54) is 7.11 Å². The van der Waals surface area contributed by atoms with Crippen LogP contribution in [0.4, 0.5) is 10.5 Å². The molecule has 0 radical (unpaired) electrons. The minimum absolute atomic E-state index is 0.103. The third kappa shape index (κ3) is 4.62. The van der Waals surface area contributed by atoms with Crippen LogP contribution >= 0.6 is 0 Å². The number of aromatic nitrogens is 2. The van der Waals surface area contributed by atoms with Crippen molar-refractivity contribution in [2.24, 2.45) is 0 Å². The summed E-state index contributed by atoms with van der Waals surface area (Å²) in [4.78, 5) is 34.9. The van der Waals surface area contributed by atoms with Crippen LogP contribution in [0.3, 0.4) is 0 Å². The van der Waals surface area contributed by atoms with Gasteiger partial charge in [0.2, 0.25) is 0 Å². The molecule has 8 nitrogen and oxygen atoms in total. The number of ether oxygens (including phenoxy) is 2. The van der Waals surface area contributed by atoms with Crippen molar-refractivity contribution in [1.29, 1.82) is 0 Å². The van der Waals surface area contributed by atoms with Crippen LogP contribution in [0, 0.1) is 0 Å². The SMILES string of the molecule is COC(=O)Nc1ccc(-c2cnc3[nH]cc(Cc4ccccc4OC)c3c2)cc1C(=O)N1CCCC1. The molecule has 184 valence electrons. The summed E-state index contributed by atoms with van der Waals surface area (Å²) in [5.74, 6) is 0.739. The normalized spacial score (nSPS) is 13.1. The summed E-state index contributed by atoms with van der Waals surface area (Å²) < 4.78 is 10.3. The van der Waals surface area contributed by atoms with Crippen LogP contribution in [0.5, 0.6) is 5.75 Å². The Hall–Kier alpha value is -4.33. The molecular formula is C28H28N4O4. The molecule has 2 aromatic heterocycles. The first kappa shape index (κ1) is 23.4. The van der Waals surface area contributed by atoms with Gasteiger partial charge < -0.3 is 19.4 Å². The summed E-state index contributed by atoms with van der Waals surface area (Å²) in [7, 11) is 2.97. The summed E-state index contributed by atoms with van der Waals surface area (Å²) in [5, 5.41) is 3.68. The fourth-order valence-corrected chi connectivity index (χ4v) is 4.68. The number of benzene rings is 2. The van der Waals surface area contributed by atoms with E-state index >= 15 is 0 Å². The first-order chi connectivity index (χ1) is 17.6. The van der Waals surface area contributed by atoms with E-state index < -0.39 is 6.09 Å². The highest BCUT2D eigenvalue weighted by atomic mass is 16.5. The maximum Gasteiger partial charge on any atom is 0.411 e. The molecule has 0 spiro atoms. The maximum absolute atomic E-state index is 13.3. The van der Waals surface area contributed by atoms with E-state index in [1.54, 1.807) is 19.4 Å². The van der Waals surface area contributed by atoms with Gasteiger partial charge in [-0.25, -0.2) is 9.78 Å². The molecule has 0 atom stereocenters. The highest BCUT2D eigenvalue weighted by molar-refractivity contribution is 6.04. The lowest BCUT2D eigenvalue weighted by Gasteiger charge is -2.19. The van der Waals surface area contributed by atoms with Gasteiger partial charge in [0, 0.05) is 42.9 Å². The fraction of sp³-hybridized carbons (Fsp3) is 0.250. The van der Waals surface area contributed by atoms with Gasteiger partial charge in [-0.1, -0.05) is 24.3 Å². The van der Waals surface area contributed by atoms with E-state index in [2.05, 4.69) is 27.4 Å². The zero-order chi connectivity index (χ0) is 25.1. The van der Waals surface area contributed by atoms with Gasteiger partial charge in [0.25, 0.3) is 5.91 Å². The molecule has 0 saturated carbocycles. The Morgan fingerprint density at radius 1 is 1.03 bits per heavy atom. The average Bonchev–Trinajstić information content (AvgIpc) is 3.59. The number of para-hydroxylation sites is 1. The zero-order valence-electron chi connectivity index (χ0n) is 20.3. The van der Waals surface area contributed by atoms with Crippen molar-refractivity contribution in [3.8, 4) is 16.9 Å². The number of rotatable bonds is 6. The number of nitrogens with one attached hydrogen (secondary N) is 2. The van der Waals surface area contributed by atoms with Gasteiger partial charge in [-0.3, -0.25) is 10.1 Å². The van der Waals surface area contributed by atoms with Gasteiger partial charge in [-0.05, 0) is 53.8 Å². The van der Waals surface area contributed by atoms with E-state index in [-0.39, 0.29) is 5.91 Å². The molecule has 1 fully saturated rings. The third-order valence-electron chi connectivity index (χ3n) is 6.59. The lowest BCUT2D eigenvalue weighted by atomic mass is 9.99. The van der Waals surface area contributed by atoms with Crippen LogP contribution < -0.4 is 10.1 Å². The van der Waals surface area contributed by atoms with Crippen LogP contribution in [0.15, 0.2) is 60.9 Å². The van der Waals surface area contributed by atoms with Crippen molar-refractivity contribution in [3.05, 3.63) is 77.6 Å². The number of hydrogen-bond donors (Lipinski definition) is 2. The number of carbonyl (C=O) groups is 2. The Labute approximate surface area is 209 Å². The van der Waals surface area contributed by atoms with Crippen molar-refractivity contribution >= 4 is 28.7 Å². The number of hydrogen-bond acceptors (Lipinski definition) is 5. The Bertz CT molecular complexity index is 1420. The lowest BCUT2D eigenvalue weighted by molar-refractivity contribution is 0.0794. The Morgan fingerprint density at radius 3 is 2.61 bits per heavy atom. The van der Waals surface area contributed by atoms with Gasteiger partial charge in [0.05, 0.1) is 25.5 Å². The second kappa shape index (κ2) is 10.1. The molecular weight excluding hydrogens is 456 g/mol. The van der Waals surface area contributed by atoms with E-state index in [1.807, 2.05) is 41.4 Å². The first-order valence-corrected chi connectivity index (χ1v) is 11.9. The number of carbonyl (C=O) groups excluding carboxylic acids is 2. The van der Waals surface area contributed by atoms with Gasteiger partial charge in [-0.2, -0.15) is 0 Å². The molecule has 0 unspecified atom stereocenters. The van der Waals surface area contributed by atoms with Crippen LogP contribution in [-0.4, -0.2) is 54.2 Å². The smallest absolute Gasteiger partial charge is 0.411 e. The quantitative estimate of drug-likeness (QED) is 0.390. The largest absolute Gasteiger partial charge is 0.496 e. The monoisotopic (exact) mass is 484 g/mol. The zero-order valence-corrected chi connectivity index (χ0v) is 20.3. The molecule has 5 rings (SSSR count). The van der Waals surface area contributed by atoms with E-state index in [4.69, 9.17) is 9.47 Å². The summed E-state index contributed by atoms with van der Waals surface area (Å²) in [6.07, 6.45) is 5.80. The number of pyridine rings is 1. The standard InChI is InChI=1S/C28H28N4O4/c1-35-25-8-4-3-7-19(25)13-21-17-30-26-22(21)15-20(16-29-26)18-9-10-24(31-28(34)36-2)23(14-18)27(33)32-11-5-6-12-32/h3-4,7-10,14-17H,5-6,11-13H2,1-2H3,(H,29,30)(H,31,34). The van der Waals surface area contributed by atoms with Crippen LogP contribution in [0.1, 0.15) is 34.3 Å². The topological polar surface area (TPSA) is 96.5 Å². The molecule has 36 heavy (non-hydrogen) atoms. The minimum Gasteiger partial charge on any atom is -0.496 e. The van der Waals surface area contributed by atoms with Crippen molar-refractivity contribution in [1.82, 2.24) is 14.9 Å². The second-order valence-electron chi connectivity index (χ2n) is 8.80. The van der Waals surface area contributed by atoms with E-state index in [0.29, 0.717) is 30.8 Å². The number of nitrogens with zero attached hydrogens (tertiary/aromatic N) is 2. The molecule has 2 N–H and O–H groups in total. The van der Waals surface area contributed by atoms with Gasteiger partial charge in [0.15, 0.2) is 0 Å². The lowest BCUT2D eigenvalue weighted by Crippen LogP contribution is -2.29. The van der Waals surface area contributed by atoms with Crippen molar-refractivity contribution in [3.63, 3.8) is 0 Å². The number of amides is 2. The van der Waals surface area contributed by atoms with Gasteiger partial charge in [0.1, 0.15) is 11.4 Å². The Balaban J connectivity index is 1.52. The van der Waals surface area contributed by atoms with Crippen molar-refractivity contribution < 1.29 is 19.1 Å². The molecule has 4 aromatic rings. The summed E-state index contributed by atoms with van der Waals surface area (Å²) >= 11 is 0. The Morgan fingerprint density at radius 2 is 1.83 bits per heavy atom. The average molecular weight is 485 g/mol. The second-order valence-corrected chi connectivity index (χ2v) is 8.80. The molecule has 1 saturated heterocycles. The molecule has 3 heterocycles. The molecule has 8 heteroatoms. The number of aromatic amines is 1. The third-order valence-corrected chi connectivity index (χ3v) is 6.59. The number of fused-ring (bicyclic) bond motifs is 1. The molecule has 1 aliphatic heterocycles. The molecule has 2 aromatic carbocycles. The molecule has 1 aliphatic rings. The van der Waals surface area contributed by atoms with E-state index in [0.717, 1.165) is 51.9 Å². The number of H-pyrrole nitrogens is 1. The Kier molecular flexibility index (Phi) is 6.58. The van der Waals surface area contributed by atoms with Crippen molar-refractivity contribution in [2.75, 3.05) is 32.6 Å². The predicted molar refractivity (Wildman–Crippen MR) is 138 cm³/mol. The summed E-state index contributed by atoms with van der Waals surface area (Å²) in [5.41, 5.74) is 5.55. The van der Waals surface area contributed by atoms with Gasteiger partial charge in [-0.15, -0.1) is 0 Å². The molecule has 0 bridgehead atoms. The predicted octanol–water partition coefficient (Wildman–Crippen LogP) is 5.24. The summed E-state index contributed by atoms with van der Waals surface area (Å²) in [6.45, 7) is 1.42. The highest BCUT2D eigenvalue weighted by Gasteiger charge is 2.23. The maximum atomic E-state index is 13.3. The minimum atomic E-state index is -0.616. The highest BCUT2D eigenvalue weighted by Crippen LogP contribution is 2.31. The number of methoxy groups -OCH3 is 2. The van der Waals surface area contributed by atoms with Gasteiger partial charge >= 0.3 is 6.09 Å². The molecule has 2 amide bonds. The van der Waals surface area contributed by atoms with Crippen LogP contribution in [-0.2, 0) is 11.2 Å². The fourth-order valence-electron chi connectivity index (χ4n) is 4.68. The number of likely N-dealkylation sites (tertiary alicyclic amines) is 1. The van der Waals surface area contributed by atoms with Crippen molar-refractivity contribution in [2.45, 2.75) is 19.3 Å². The molecule has 0 aliphatic carbocycles. The van der Waals surface area contributed by atoms with Crippen LogP contribution in [0.2, 0.25) is 0 Å². The number of anilines is 1. The first-order valence-electron chi connectivity index (χ1n) is 11.9. The van der Waals surface area contributed by atoms with E-state index in [9.17, 15) is 9.59 Å². The summed E-state index contributed by atoms with van der Waals surface area (Å²) in [6, 6.07) is 15.5. The van der Waals surface area contributed by atoms with Crippen LogP contribution in [0.25, 0.3) is 22.2 Å².